The minimum absolute atomic E-state index is 0.171. The molecule has 7 heteroatoms. The van der Waals surface area contributed by atoms with Crippen LogP contribution >= 0.6 is 11.3 Å². The first-order chi connectivity index (χ1) is 14.1. The van der Waals surface area contributed by atoms with E-state index in [1.807, 2.05) is 17.5 Å². The Bertz CT molecular complexity index is 1090. The van der Waals surface area contributed by atoms with E-state index in [2.05, 4.69) is 5.32 Å². The van der Waals surface area contributed by atoms with Crippen molar-refractivity contribution in [3.8, 4) is 17.2 Å². The number of allylic oxidation sites excluding steroid dienone is 1. The third-order valence-corrected chi connectivity index (χ3v) is 5.00. The third kappa shape index (κ3) is 4.30. The van der Waals surface area contributed by atoms with E-state index < -0.39 is 0 Å². The third-order valence-electron chi connectivity index (χ3n) is 4.18. The van der Waals surface area contributed by atoms with Crippen LogP contribution in [0.4, 0.5) is 5.69 Å². The summed E-state index contributed by atoms with van der Waals surface area (Å²) in [6.07, 6.45) is 1.72. The molecule has 0 radical (unpaired) electrons. The molecule has 1 amide bonds. The van der Waals surface area contributed by atoms with Gasteiger partial charge >= 0.3 is 0 Å². The van der Waals surface area contributed by atoms with Crippen LogP contribution in [0.1, 0.15) is 15.2 Å². The van der Waals surface area contributed by atoms with Crippen LogP contribution in [0.3, 0.4) is 0 Å². The number of fused-ring (bicyclic) bond motifs is 1. The zero-order valence-electron chi connectivity index (χ0n) is 15.5. The van der Waals surface area contributed by atoms with Gasteiger partial charge in [-0.3, -0.25) is 9.59 Å². The Kier molecular flexibility index (Phi) is 5.31. The van der Waals surface area contributed by atoms with Crippen LogP contribution in [0.5, 0.6) is 17.2 Å². The summed E-state index contributed by atoms with van der Waals surface area (Å²) < 4.78 is 16.4. The summed E-state index contributed by atoms with van der Waals surface area (Å²) in [5.41, 5.74) is 1.09. The molecule has 3 aromatic rings. The fourth-order valence-corrected chi connectivity index (χ4v) is 3.45. The minimum Gasteiger partial charge on any atom is -0.497 e. The number of methoxy groups -OCH3 is 1. The van der Waals surface area contributed by atoms with E-state index in [0.717, 1.165) is 4.88 Å². The average molecular weight is 407 g/mol. The number of nitrogens with one attached hydrogen (secondary N) is 1. The van der Waals surface area contributed by atoms with Crippen molar-refractivity contribution in [1.82, 2.24) is 0 Å². The molecule has 1 aromatic heterocycles. The van der Waals surface area contributed by atoms with Gasteiger partial charge < -0.3 is 19.5 Å². The smallest absolute Gasteiger partial charge is 0.262 e. The van der Waals surface area contributed by atoms with E-state index in [1.54, 1.807) is 55.7 Å². The van der Waals surface area contributed by atoms with Gasteiger partial charge in [0, 0.05) is 28.8 Å². The van der Waals surface area contributed by atoms with E-state index in [4.69, 9.17) is 14.2 Å². The number of ketones is 1. The molecular formula is C22H17NO5S. The molecule has 0 saturated carbocycles. The Labute approximate surface area is 171 Å². The van der Waals surface area contributed by atoms with Crippen molar-refractivity contribution in [3.63, 3.8) is 0 Å². The highest BCUT2D eigenvalue weighted by Crippen LogP contribution is 2.35. The van der Waals surface area contributed by atoms with Crippen LogP contribution in [0.15, 0.2) is 65.7 Å². The van der Waals surface area contributed by atoms with Gasteiger partial charge in [-0.05, 0) is 35.7 Å². The monoisotopic (exact) mass is 407 g/mol. The summed E-state index contributed by atoms with van der Waals surface area (Å²) in [7, 11) is 1.56. The molecule has 0 atom stereocenters. The van der Waals surface area contributed by atoms with E-state index in [1.165, 1.54) is 11.3 Å². The molecule has 0 aliphatic carbocycles. The van der Waals surface area contributed by atoms with Crippen LogP contribution in [0.2, 0.25) is 0 Å². The number of rotatable bonds is 6. The predicted octanol–water partition coefficient (Wildman–Crippen LogP) is 4.39. The second-order valence-corrected chi connectivity index (χ2v) is 7.16. The van der Waals surface area contributed by atoms with Crippen LogP contribution in [-0.4, -0.2) is 25.4 Å². The topological polar surface area (TPSA) is 73.9 Å². The highest BCUT2D eigenvalue weighted by Gasteiger charge is 2.27. The maximum absolute atomic E-state index is 12.5. The van der Waals surface area contributed by atoms with E-state index >= 15 is 0 Å². The molecule has 0 fully saturated rings. The molecule has 2 aromatic carbocycles. The van der Waals surface area contributed by atoms with Crippen molar-refractivity contribution in [3.05, 3.63) is 76.2 Å². The molecule has 0 saturated heterocycles. The second kappa shape index (κ2) is 8.20. The Morgan fingerprint density at radius 3 is 2.83 bits per heavy atom. The number of amides is 1. The molecule has 1 aliphatic heterocycles. The van der Waals surface area contributed by atoms with Gasteiger partial charge in [0.1, 0.15) is 17.2 Å². The van der Waals surface area contributed by atoms with Gasteiger partial charge in [-0.1, -0.05) is 12.1 Å². The number of thiophene rings is 1. The Morgan fingerprint density at radius 2 is 2.03 bits per heavy atom. The highest BCUT2D eigenvalue weighted by molar-refractivity contribution is 7.10. The summed E-state index contributed by atoms with van der Waals surface area (Å²) in [4.78, 5) is 25.5. The van der Waals surface area contributed by atoms with Gasteiger partial charge in [0.15, 0.2) is 12.4 Å². The van der Waals surface area contributed by atoms with Crippen molar-refractivity contribution in [1.29, 1.82) is 0 Å². The molecule has 29 heavy (non-hydrogen) atoms. The number of hydrogen-bond donors (Lipinski definition) is 1. The Balaban J connectivity index is 1.39. The summed E-state index contributed by atoms with van der Waals surface area (Å²) in [5, 5.41) is 4.67. The summed E-state index contributed by atoms with van der Waals surface area (Å²) in [5.74, 6) is 1.30. The maximum Gasteiger partial charge on any atom is 0.262 e. The lowest BCUT2D eigenvalue weighted by atomic mass is 10.1. The van der Waals surface area contributed by atoms with Gasteiger partial charge in [-0.25, -0.2) is 0 Å². The number of carbonyl (C=O) groups is 2. The lowest BCUT2D eigenvalue weighted by Gasteiger charge is -2.09. The second-order valence-electron chi connectivity index (χ2n) is 6.18. The van der Waals surface area contributed by atoms with E-state index in [-0.39, 0.29) is 24.1 Å². The number of hydrogen-bond acceptors (Lipinski definition) is 6. The van der Waals surface area contributed by atoms with Gasteiger partial charge in [-0.2, -0.15) is 0 Å². The van der Waals surface area contributed by atoms with Gasteiger partial charge in [-0.15, -0.1) is 11.3 Å². The first kappa shape index (κ1) is 18.8. The lowest BCUT2D eigenvalue weighted by molar-refractivity contribution is -0.118. The molecule has 1 N–H and O–H groups in total. The van der Waals surface area contributed by atoms with Crippen LogP contribution in [0, 0.1) is 0 Å². The summed E-state index contributed by atoms with van der Waals surface area (Å²) in [6, 6.07) is 15.8. The number of ether oxygens (including phenoxy) is 3. The van der Waals surface area contributed by atoms with Crippen LogP contribution in [-0.2, 0) is 4.79 Å². The van der Waals surface area contributed by atoms with Crippen molar-refractivity contribution < 1.29 is 23.8 Å². The SMILES string of the molecule is COc1cccc(NC(=O)COc2ccc3c(c2)OC(=Cc2cccs2)C3=O)c1. The molecule has 6 nitrogen and oxygen atoms in total. The standard InChI is InChI=1S/C22H17NO5S/c1-26-15-5-2-4-14(10-15)23-21(24)13-27-16-7-8-18-19(11-16)28-20(22(18)25)12-17-6-3-9-29-17/h2-12H,13H2,1H3,(H,23,24). The maximum atomic E-state index is 12.5. The molecule has 1 aliphatic rings. The average Bonchev–Trinajstić information content (AvgIpc) is 3.35. The molecule has 146 valence electrons. The van der Waals surface area contributed by atoms with Gasteiger partial charge in [0.25, 0.3) is 5.91 Å². The highest BCUT2D eigenvalue weighted by atomic mass is 32.1. The molecule has 2 heterocycles. The van der Waals surface area contributed by atoms with E-state index in [0.29, 0.717) is 28.5 Å². The zero-order valence-corrected chi connectivity index (χ0v) is 16.3. The van der Waals surface area contributed by atoms with Gasteiger partial charge in [0.2, 0.25) is 5.78 Å². The Morgan fingerprint density at radius 1 is 1.14 bits per heavy atom. The number of Topliss-reactive ketones (excluding diaryl/α,β-unsaturated/α-hetero) is 1. The quantitative estimate of drug-likeness (QED) is 0.614. The first-order valence-electron chi connectivity index (χ1n) is 8.81. The minimum atomic E-state index is -0.311. The summed E-state index contributed by atoms with van der Waals surface area (Å²) in [6.45, 7) is -0.179. The van der Waals surface area contributed by atoms with Gasteiger partial charge in [0.05, 0.1) is 12.7 Å². The molecule has 0 unspecified atom stereocenters. The lowest BCUT2D eigenvalue weighted by Crippen LogP contribution is -2.20. The number of carbonyl (C=O) groups excluding carboxylic acids is 2. The van der Waals surface area contributed by atoms with Crippen molar-refractivity contribution in [2.45, 2.75) is 0 Å². The largest absolute Gasteiger partial charge is 0.497 e. The van der Waals surface area contributed by atoms with Crippen molar-refractivity contribution in [2.24, 2.45) is 0 Å². The molecule has 4 rings (SSSR count). The molecule has 0 spiro atoms. The normalized spacial score (nSPS) is 13.7. The fourth-order valence-electron chi connectivity index (χ4n) is 2.81. The van der Waals surface area contributed by atoms with E-state index in [9.17, 15) is 9.59 Å². The first-order valence-corrected chi connectivity index (χ1v) is 9.69. The molecule has 0 bridgehead atoms. The van der Waals surface area contributed by atoms with Crippen LogP contribution in [0.25, 0.3) is 6.08 Å². The number of benzene rings is 2. The molecular weight excluding hydrogens is 390 g/mol. The fraction of sp³-hybridized carbons (Fsp3) is 0.0909. The predicted molar refractivity (Wildman–Crippen MR) is 111 cm³/mol. The zero-order chi connectivity index (χ0) is 20.2. The Hall–Kier alpha value is -3.58. The van der Waals surface area contributed by atoms with Crippen molar-refractivity contribution >= 4 is 34.8 Å². The van der Waals surface area contributed by atoms with Crippen LogP contribution < -0.4 is 19.5 Å². The number of anilines is 1. The van der Waals surface area contributed by atoms with Crippen molar-refractivity contribution in [2.75, 3.05) is 19.0 Å². The summed E-state index contributed by atoms with van der Waals surface area (Å²) >= 11 is 1.52.